The van der Waals surface area contributed by atoms with Crippen LogP contribution in [0.25, 0.3) is 10.8 Å². The topological polar surface area (TPSA) is 152 Å². The van der Waals surface area contributed by atoms with Gasteiger partial charge in [-0.3, -0.25) is 14.4 Å². The van der Waals surface area contributed by atoms with E-state index in [0.717, 1.165) is 12.1 Å². The lowest BCUT2D eigenvalue weighted by Crippen LogP contribution is -2.41. The average Bonchev–Trinajstić information content (AvgIpc) is 2.47. The number of phenolic OH excluding ortho intramolecular Hbond substituents is 4. The number of phenols is 4. The number of hydrogen-bond donors (Lipinski definition) is 5. The fourth-order valence-electron chi connectivity index (χ4n) is 2.45. The molecule has 0 spiro atoms. The zero-order valence-corrected chi connectivity index (χ0v) is 10.7. The molecule has 2 aromatic rings. The number of carbonyl (C=O) groups is 3. The first-order chi connectivity index (χ1) is 10.3. The zero-order valence-electron chi connectivity index (χ0n) is 10.7. The number of hydrogen-bond acceptors (Lipinski definition) is 8. The quantitative estimate of drug-likeness (QED) is 0.197. The predicted molar refractivity (Wildman–Crippen MR) is 70.3 cm³/mol. The number of Topliss-reactive ketones (excluding diaryl/α,β-unsaturated/α-hetero) is 3. The van der Waals surface area contributed by atoms with Gasteiger partial charge in [0, 0.05) is 17.0 Å². The molecule has 0 fully saturated rings. The lowest BCUT2D eigenvalue weighted by atomic mass is 9.84. The Morgan fingerprint density at radius 2 is 1.45 bits per heavy atom. The summed E-state index contributed by atoms with van der Waals surface area (Å²) in [5.74, 6) is -6.92. The van der Waals surface area contributed by atoms with Crippen LogP contribution in [-0.4, -0.2) is 49.0 Å². The molecule has 112 valence electrons. The van der Waals surface area contributed by atoms with Crippen molar-refractivity contribution in [2.24, 2.45) is 0 Å². The van der Waals surface area contributed by atoms with Gasteiger partial charge in [-0.1, -0.05) is 0 Å². The standard InChI is InChI=1S/C14H8O8/c15-5-2-6(16)10(18)7-3(5)1-4-8(11(7)19)12(20)14(22)13(21)9(4)17/h1-2,13,15-16,18-19,21H. The van der Waals surface area contributed by atoms with Gasteiger partial charge >= 0.3 is 0 Å². The Balaban J connectivity index is 2.54. The molecule has 22 heavy (non-hydrogen) atoms. The molecule has 0 aliphatic heterocycles. The van der Waals surface area contributed by atoms with Crippen molar-refractivity contribution in [3.63, 3.8) is 0 Å². The third kappa shape index (κ3) is 1.52. The van der Waals surface area contributed by atoms with E-state index in [1.54, 1.807) is 0 Å². The summed E-state index contributed by atoms with van der Waals surface area (Å²) in [5.41, 5.74) is -1.14. The van der Waals surface area contributed by atoms with Gasteiger partial charge in [-0.25, -0.2) is 0 Å². The molecule has 0 bridgehead atoms. The molecular formula is C14H8O8. The number of ketones is 3. The highest BCUT2D eigenvalue weighted by Gasteiger charge is 2.42. The third-order valence-electron chi connectivity index (χ3n) is 3.54. The normalized spacial score (nSPS) is 17.9. The predicted octanol–water partition coefficient (Wildman–Crippen LogP) is -0.0288. The molecule has 0 aromatic heterocycles. The molecule has 1 unspecified atom stereocenters. The highest BCUT2D eigenvalue weighted by molar-refractivity contribution is 6.54. The van der Waals surface area contributed by atoms with Crippen molar-refractivity contribution in [1.82, 2.24) is 0 Å². The minimum atomic E-state index is -2.18. The maximum atomic E-state index is 11.9. The van der Waals surface area contributed by atoms with Crippen molar-refractivity contribution < 1.29 is 39.9 Å². The van der Waals surface area contributed by atoms with Gasteiger partial charge in [-0.05, 0) is 6.07 Å². The number of benzene rings is 2. The Kier molecular flexibility index (Phi) is 2.63. The summed E-state index contributed by atoms with van der Waals surface area (Å²) in [6.45, 7) is 0. The second-order valence-electron chi connectivity index (χ2n) is 4.79. The third-order valence-corrected chi connectivity index (χ3v) is 3.54. The molecular weight excluding hydrogens is 296 g/mol. The fourth-order valence-corrected chi connectivity index (χ4v) is 2.45. The molecule has 3 rings (SSSR count). The van der Waals surface area contributed by atoms with Gasteiger partial charge in [0.25, 0.3) is 0 Å². The van der Waals surface area contributed by atoms with E-state index in [1.807, 2.05) is 0 Å². The lowest BCUT2D eigenvalue weighted by Gasteiger charge is -2.20. The first-order valence-electron chi connectivity index (χ1n) is 6.00. The lowest BCUT2D eigenvalue weighted by molar-refractivity contribution is -0.120. The van der Waals surface area contributed by atoms with Crippen molar-refractivity contribution in [3.05, 3.63) is 23.3 Å². The fraction of sp³-hybridized carbons (Fsp3) is 0.0714. The molecule has 8 heteroatoms. The summed E-state index contributed by atoms with van der Waals surface area (Å²) in [7, 11) is 0. The Labute approximate surface area is 121 Å². The van der Waals surface area contributed by atoms with Crippen LogP contribution in [0.1, 0.15) is 20.7 Å². The van der Waals surface area contributed by atoms with Crippen LogP contribution in [0.2, 0.25) is 0 Å². The van der Waals surface area contributed by atoms with Crippen LogP contribution in [0, 0.1) is 0 Å². The molecule has 0 heterocycles. The highest BCUT2D eigenvalue weighted by Crippen LogP contribution is 2.47. The minimum Gasteiger partial charge on any atom is -0.507 e. The zero-order chi connectivity index (χ0) is 16.3. The SMILES string of the molecule is O=C1C(=O)C(O)C(=O)c2cc3c(O)cc(O)c(O)c3c(O)c21. The smallest absolute Gasteiger partial charge is 0.239 e. The van der Waals surface area contributed by atoms with Gasteiger partial charge in [0.2, 0.25) is 11.6 Å². The number of carbonyl (C=O) groups excluding carboxylic acids is 3. The summed E-state index contributed by atoms with van der Waals surface area (Å²) in [6, 6.07) is 1.73. The van der Waals surface area contributed by atoms with Gasteiger partial charge in [-0.15, -0.1) is 0 Å². The highest BCUT2D eigenvalue weighted by atomic mass is 16.3. The van der Waals surface area contributed by atoms with E-state index in [4.69, 9.17) is 0 Å². The number of aromatic hydroxyl groups is 4. The summed E-state index contributed by atoms with van der Waals surface area (Å²) < 4.78 is 0. The van der Waals surface area contributed by atoms with E-state index >= 15 is 0 Å². The van der Waals surface area contributed by atoms with Crippen molar-refractivity contribution in [1.29, 1.82) is 0 Å². The summed E-state index contributed by atoms with van der Waals surface area (Å²) in [5, 5.41) is 47.9. The van der Waals surface area contributed by atoms with Crippen LogP contribution in [0.15, 0.2) is 12.1 Å². The molecule has 0 saturated heterocycles. The van der Waals surface area contributed by atoms with Crippen LogP contribution in [0.5, 0.6) is 23.0 Å². The summed E-state index contributed by atoms with van der Waals surface area (Å²) >= 11 is 0. The van der Waals surface area contributed by atoms with E-state index in [1.165, 1.54) is 0 Å². The Morgan fingerprint density at radius 3 is 2.09 bits per heavy atom. The van der Waals surface area contributed by atoms with Crippen molar-refractivity contribution in [3.8, 4) is 23.0 Å². The Morgan fingerprint density at radius 1 is 0.818 bits per heavy atom. The molecule has 2 aromatic carbocycles. The first-order valence-corrected chi connectivity index (χ1v) is 6.00. The van der Waals surface area contributed by atoms with E-state index in [-0.39, 0.29) is 5.39 Å². The summed E-state index contributed by atoms with van der Waals surface area (Å²) in [4.78, 5) is 35.3. The van der Waals surface area contributed by atoms with Crippen LogP contribution in [-0.2, 0) is 4.79 Å². The van der Waals surface area contributed by atoms with E-state index < -0.39 is 63.0 Å². The van der Waals surface area contributed by atoms with Crippen molar-refractivity contribution >= 4 is 28.1 Å². The monoisotopic (exact) mass is 304 g/mol. The maximum Gasteiger partial charge on any atom is 0.239 e. The molecule has 5 N–H and O–H groups in total. The first kappa shape index (κ1) is 13.8. The Bertz CT molecular complexity index is 896. The summed E-state index contributed by atoms with van der Waals surface area (Å²) in [6.07, 6.45) is -2.18. The van der Waals surface area contributed by atoms with E-state index in [9.17, 15) is 39.9 Å². The molecule has 0 radical (unpaired) electrons. The van der Waals surface area contributed by atoms with Gasteiger partial charge in [0.05, 0.1) is 10.9 Å². The second-order valence-corrected chi connectivity index (χ2v) is 4.79. The van der Waals surface area contributed by atoms with Gasteiger partial charge in [-0.2, -0.15) is 0 Å². The van der Waals surface area contributed by atoms with Crippen LogP contribution >= 0.6 is 0 Å². The molecule has 1 aliphatic rings. The number of aliphatic hydroxyl groups excluding tert-OH is 1. The van der Waals surface area contributed by atoms with Gasteiger partial charge in [0.15, 0.2) is 23.4 Å². The molecule has 1 aliphatic carbocycles. The molecule has 0 amide bonds. The maximum absolute atomic E-state index is 11.9. The number of fused-ring (bicyclic) bond motifs is 2. The molecule has 8 nitrogen and oxygen atoms in total. The molecule has 1 atom stereocenters. The van der Waals surface area contributed by atoms with Crippen LogP contribution in [0.4, 0.5) is 0 Å². The van der Waals surface area contributed by atoms with Gasteiger partial charge in [0.1, 0.15) is 11.5 Å². The second kappa shape index (κ2) is 4.18. The van der Waals surface area contributed by atoms with Crippen molar-refractivity contribution in [2.75, 3.05) is 0 Å². The molecule has 0 saturated carbocycles. The van der Waals surface area contributed by atoms with Crippen LogP contribution < -0.4 is 0 Å². The van der Waals surface area contributed by atoms with E-state index in [0.29, 0.717) is 0 Å². The number of aliphatic hydroxyl groups is 1. The Hall–Kier alpha value is -3.13. The van der Waals surface area contributed by atoms with Crippen molar-refractivity contribution in [2.45, 2.75) is 6.10 Å². The largest absolute Gasteiger partial charge is 0.507 e. The van der Waals surface area contributed by atoms with Crippen LogP contribution in [0.3, 0.4) is 0 Å². The average molecular weight is 304 g/mol. The van der Waals surface area contributed by atoms with E-state index in [2.05, 4.69) is 0 Å². The minimum absolute atomic E-state index is 0.228. The van der Waals surface area contributed by atoms with Gasteiger partial charge < -0.3 is 25.5 Å². The number of rotatable bonds is 0.